The maximum atomic E-state index is 4.61. The molecule has 4 heterocycles. The molecule has 1 saturated heterocycles. The van der Waals surface area contributed by atoms with Crippen molar-refractivity contribution < 1.29 is 0 Å². The van der Waals surface area contributed by atoms with Gasteiger partial charge < -0.3 is 9.88 Å². The van der Waals surface area contributed by atoms with Crippen molar-refractivity contribution >= 4 is 23.7 Å². The van der Waals surface area contributed by atoms with Gasteiger partial charge in [0.05, 0.1) is 17.7 Å². The van der Waals surface area contributed by atoms with Crippen LogP contribution in [0.1, 0.15) is 59.7 Å². The van der Waals surface area contributed by atoms with E-state index in [0.29, 0.717) is 5.92 Å². The Kier molecular flexibility index (Phi) is 5.08. The van der Waals surface area contributed by atoms with Crippen LogP contribution in [0, 0.1) is 0 Å². The SMILES string of the molecule is Cl.c1nc(C2CC2)c(CN2CCC(c3nnc4n3CCNC4)CC2)s1. The van der Waals surface area contributed by atoms with Gasteiger partial charge in [-0.25, -0.2) is 4.98 Å². The minimum absolute atomic E-state index is 0. The van der Waals surface area contributed by atoms with Crippen molar-refractivity contribution in [1.29, 1.82) is 0 Å². The fourth-order valence-corrected chi connectivity index (χ4v) is 4.95. The van der Waals surface area contributed by atoms with Gasteiger partial charge in [-0.15, -0.1) is 33.9 Å². The molecule has 5 rings (SSSR count). The second-order valence-electron chi connectivity index (χ2n) is 7.29. The summed E-state index contributed by atoms with van der Waals surface area (Å²) in [5, 5.41) is 12.3. The van der Waals surface area contributed by atoms with E-state index in [9.17, 15) is 0 Å². The zero-order chi connectivity index (χ0) is 15.9. The van der Waals surface area contributed by atoms with E-state index in [1.165, 1.54) is 42.1 Å². The Morgan fingerprint density at radius 2 is 1.92 bits per heavy atom. The van der Waals surface area contributed by atoms with Gasteiger partial charge in [-0.05, 0) is 38.8 Å². The van der Waals surface area contributed by atoms with Gasteiger partial charge in [-0.1, -0.05) is 0 Å². The number of aromatic nitrogens is 4. The number of nitrogens with zero attached hydrogens (tertiary/aromatic N) is 5. The third-order valence-corrected chi connectivity index (χ3v) is 6.44. The van der Waals surface area contributed by atoms with Crippen molar-refractivity contribution in [3.63, 3.8) is 0 Å². The summed E-state index contributed by atoms with van der Waals surface area (Å²) >= 11 is 1.84. The molecule has 0 amide bonds. The van der Waals surface area contributed by atoms with E-state index in [4.69, 9.17) is 0 Å². The standard InChI is InChI=1S/C17H24N6S.ClH/c1-2-12(1)16-14(24-11-19-16)10-22-6-3-13(4-7-22)17-21-20-15-9-18-5-8-23(15)17;/h11-13,18H,1-10H2;1H. The molecular weight excluding hydrogens is 356 g/mol. The largest absolute Gasteiger partial charge is 0.312 e. The molecule has 2 aliphatic heterocycles. The Labute approximate surface area is 158 Å². The highest BCUT2D eigenvalue weighted by Crippen LogP contribution is 2.42. The molecule has 25 heavy (non-hydrogen) atoms. The first kappa shape index (κ1) is 17.4. The number of hydrogen-bond donors (Lipinski definition) is 1. The van der Waals surface area contributed by atoms with Crippen molar-refractivity contribution in [3.8, 4) is 0 Å². The molecule has 136 valence electrons. The summed E-state index contributed by atoms with van der Waals surface area (Å²) in [5.74, 6) is 3.67. The Bertz CT molecular complexity index is 717. The van der Waals surface area contributed by atoms with Crippen molar-refractivity contribution in [1.82, 2.24) is 30.0 Å². The van der Waals surface area contributed by atoms with Crippen LogP contribution < -0.4 is 5.32 Å². The van der Waals surface area contributed by atoms with Gasteiger partial charge in [0.25, 0.3) is 0 Å². The molecule has 8 heteroatoms. The summed E-state index contributed by atoms with van der Waals surface area (Å²) in [5.41, 5.74) is 3.42. The fourth-order valence-electron chi connectivity index (χ4n) is 4.06. The van der Waals surface area contributed by atoms with Crippen molar-refractivity contribution in [3.05, 3.63) is 27.7 Å². The molecule has 0 atom stereocenters. The number of thiazole rings is 1. The Hall–Kier alpha value is -1.02. The highest BCUT2D eigenvalue weighted by Gasteiger charge is 2.30. The predicted molar refractivity (Wildman–Crippen MR) is 100 cm³/mol. The number of fused-ring (bicyclic) bond motifs is 1. The lowest BCUT2D eigenvalue weighted by atomic mass is 9.95. The Morgan fingerprint density at radius 3 is 2.72 bits per heavy atom. The smallest absolute Gasteiger partial charge is 0.147 e. The molecule has 0 unspecified atom stereocenters. The third kappa shape index (κ3) is 3.47. The monoisotopic (exact) mass is 380 g/mol. The van der Waals surface area contributed by atoms with Crippen LogP contribution in [0.5, 0.6) is 0 Å². The molecule has 0 aromatic carbocycles. The predicted octanol–water partition coefficient (Wildman–Crippen LogP) is 2.52. The number of rotatable bonds is 4. The minimum Gasteiger partial charge on any atom is -0.312 e. The second kappa shape index (κ2) is 7.31. The lowest BCUT2D eigenvalue weighted by Gasteiger charge is -2.31. The van der Waals surface area contributed by atoms with Crippen LogP contribution >= 0.6 is 23.7 Å². The van der Waals surface area contributed by atoms with Crippen molar-refractivity contribution in [2.24, 2.45) is 0 Å². The normalized spacial score (nSPS) is 21.8. The Morgan fingerprint density at radius 1 is 1.08 bits per heavy atom. The average molecular weight is 381 g/mol. The molecule has 2 aromatic heterocycles. The van der Waals surface area contributed by atoms with E-state index >= 15 is 0 Å². The van der Waals surface area contributed by atoms with Crippen LogP contribution in [-0.4, -0.2) is 44.3 Å². The minimum atomic E-state index is 0. The van der Waals surface area contributed by atoms with E-state index in [0.717, 1.165) is 51.0 Å². The quantitative estimate of drug-likeness (QED) is 0.883. The molecule has 1 saturated carbocycles. The number of hydrogen-bond acceptors (Lipinski definition) is 6. The first-order valence-electron chi connectivity index (χ1n) is 9.16. The first-order chi connectivity index (χ1) is 11.9. The fraction of sp³-hybridized carbons (Fsp3) is 0.706. The highest BCUT2D eigenvalue weighted by molar-refractivity contribution is 7.09. The summed E-state index contributed by atoms with van der Waals surface area (Å²) in [6.45, 7) is 6.32. The lowest BCUT2D eigenvalue weighted by molar-refractivity contribution is 0.200. The number of piperidine rings is 1. The second-order valence-corrected chi connectivity index (χ2v) is 8.23. The molecule has 1 N–H and O–H groups in total. The Balaban J connectivity index is 0.00000157. The van der Waals surface area contributed by atoms with Gasteiger partial charge in [0, 0.05) is 36.3 Å². The highest BCUT2D eigenvalue weighted by atomic mass is 35.5. The molecule has 1 aliphatic carbocycles. The van der Waals surface area contributed by atoms with Crippen LogP contribution in [0.3, 0.4) is 0 Å². The van der Waals surface area contributed by atoms with Crippen LogP contribution in [-0.2, 0) is 19.6 Å². The summed E-state index contributed by atoms with van der Waals surface area (Å²) in [4.78, 5) is 8.72. The first-order valence-corrected chi connectivity index (χ1v) is 10.0. The van der Waals surface area contributed by atoms with Crippen LogP contribution in [0.15, 0.2) is 5.51 Å². The van der Waals surface area contributed by atoms with E-state index in [2.05, 4.69) is 30.0 Å². The zero-order valence-electron chi connectivity index (χ0n) is 14.4. The molecule has 2 fully saturated rings. The van der Waals surface area contributed by atoms with Gasteiger partial charge >= 0.3 is 0 Å². The number of halogens is 1. The van der Waals surface area contributed by atoms with Crippen molar-refractivity contribution in [2.75, 3.05) is 19.6 Å². The maximum Gasteiger partial charge on any atom is 0.147 e. The van der Waals surface area contributed by atoms with Gasteiger partial charge in [0.1, 0.15) is 11.6 Å². The number of likely N-dealkylation sites (tertiary alicyclic amines) is 1. The van der Waals surface area contributed by atoms with Crippen LogP contribution in [0.25, 0.3) is 0 Å². The molecule has 0 radical (unpaired) electrons. The summed E-state index contributed by atoms with van der Waals surface area (Å²) < 4.78 is 2.35. The molecule has 6 nitrogen and oxygen atoms in total. The lowest BCUT2D eigenvalue weighted by Crippen LogP contribution is -2.34. The summed E-state index contributed by atoms with van der Waals surface area (Å²) in [7, 11) is 0. The van der Waals surface area contributed by atoms with Crippen molar-refractivity contribution in [2.45, 2.75) is 57.2 Å². The summed E-state index contributed by atoms with van der Waals surface area (Å²) in [6, 6.07) is 0. The molecule has 0 bridgehead atoms. The molecule has 3 aliphatic rings. The number of nitrogens with one attached hydrogen (secondary N) is 1. The van der Waals surface area contributed by atoms with Crippen LogP contribution in [0.2, 0.25) is 0 Å². The van der Waals surface area contributed by atoms with Gasteiger partial charge in [0.2, 0.25) is 0 Å². The van der Waals surface area contributed by atoms with Crippen LogP contribution in [0.4, 0.5) is 0 Å². The zero-order valence-corrected chi connectivity index (χ0v) is 16.0. The summed E-state index contributed by atoms with van der Waals surface area (Å²) in [6.07, 6.45) is 5.07. The topological polar surface area (TPSA) is 58.9 Å². The van der Waals surface area contributed by atoms with Gasteiger partial charge in [-0.3, -0.25) is 4.90 Å². The van der Waals surface area contributed by atoms with E-state index < -0.39 is 0 Å². The van der Waals surface area contributed by atoms with Gasteiger partial charge in [-0.2, -0.15) is 0 Å². The average Bonchev–Trinajstić information content (AvgIpc) is 3.21. The van der Waals surface area contributed by atoms with E-state index in [-0.39, 0.29) is 12.4 Å². The van der Waals surface area contributed by atoms with Gasteiger partial charge in [0.15, 0.2) is 0 Å². The molecule has 0 spiro atoms. The van der Waals surface area contributed by atoms with E-state index in [1.807, 2.05) is 16.8 Å². The maximum absolute atomic E-state index is 4.61. The molecular formula is C17H25ClN6S. The van der Waals surface area contributed by atoms with E-state index in [1.54, 1.807) is 0 Å². The third-order valence-electron chi connectivity index (χ3n) is 5.61. The molecule has 2 aromatic rings.